The molecule has 3 aromatic rings. The summed E-state index contributed by atoms with van der Waals surface area (Å²) < 4.78 is 4.92. The van der Waals surface area contributed by atoms with Crippen molar-refractivity contribution in [3.8, 4) is 0 Å². The van der Waals surface area contributed by atoms with Gasteiger partial charge in [-0.1, -0.05) is 35.3 Å². The van der Waals surface area contributed by atoms with Crippen LogP contribution in [0.5, 0.6) is 0 Å². The minimum absolute atomic E-state index is 0.220. The standard InChI is InChI=1S/C18H14Cl2N2O3/c1-2-25-18(24)22-15-13-7-6-12(20)9-14(13)21-16(15)17(23)10-4-3-5-11(19)8-10/h3-9,21H,2H2,1H3,(H,22,24). The highest BCUT2D eigenvalue weighted by Gasteiger charge is 2.21. The van der Waals surface area contributed by atoms with Gasteiger partial charge in [0.25, 0.3) is 0 Å². The number of hydrogen-bond acceptors (Lipinski definition) is 3. The Morgan fingerprint density at radius 1 is 1.12 bits per heavy atom. The summed E-state index contributed by atoms with van der Waals surface area (Å²) in [4.78, 5) is 27.8. The molecule has 0 saturated carbocycles. The van der Waals surface area contributed by atoms with E-state index in [1.165, 1.54) is 0 Å². The van der Waals surface area contributed by atoms with Crippen LogP contribution in [0.25, 0.3) is 10.9 Å². The molecular formula is C18H14Cl2N2O3. The Kier molecular flexibility index (Phi) is 4.97. The molecule has 0 saturated heterocycles. The number of nitrogens with one attached hydrogen (secondary N) is 2. The summed E-state index contributed by atoms with van der Waals surface area (Å²) in [5.41, 5.74) is 1.60. The number of rotatable bonds is 4. The Morgan fingerprint density at radius 3 is 2.60 bits per heavy atom. The summed E-state index contributed by atoms with van der Waals surface area (Å²) in [6, 6.07) is 11.7. The SMILES string of the molecule is CCOC(=O)Nc1c(C(=O)c2cccc(Cl)c2)[nH]c2cc(Cl)ccc12. The van der Waals surface area contributed by atoms with E-state index in [1.54, 1.807) is 49.4 Å². The molecule has 0 atom stereocenters. The second kappa shape index (κ2) is 7.17. The van der Waals surface area contributed by atoms with Crippen LogP contribution < -0.4 is 5.32 Å². The summed E-state index contributed by atoms with van der Waals surface area (Å²) in [6.45, 7) is 1.92. The summed E-state index contributed by atoms with van der Waals surface area (Å²) in [7, 11) is 0. The molecule has 128 valence electrons. The molecule has 25 heavy (non-hydrogen) atoms. The largest absolute Gasteiger partial charge is 0.450 e. The first kappa shape index (κ1) is 17.3. The number of fused-ring (bicyclic) bond motifs is 1. The van der Waals surface area contributed by atoms with Gasteiger partial charge in [-0.15, -0.1) is 0 Å². The summed E-state index contributed by atoms with van der Waals surface area (Å²) in [6.07, 6.45) is -0.640. The van der Waals surface area contributed by atoms with E-state index in [-0.39, 0.29) is 18.1 Å². The lowest BCUT2D eigenvalue weighted by Crippen LogP contribution is -2.15. The van der Waals surface area contributed by atoms with E-state index in [9.17, 15) is 9.59 Å². The van der Waals surface area contributed by atoms with Crippen LogP contribution in [0.1, 0.15) is 23.0 Å². The van der Waals surface area contributed by atoms with Gasteiger partial charge in [-0.05, 0) is 37.3 Å². The normalized spacial score (nSPS) is 10.7. The topological polar surface area (TPSA) is 71.2 Å². The highest BCUT2D eigenvalue weighted by atomic mass is 35.5. The van der Waals surface area contributed by atoms with Crippen LogP contribution in [-0.4, -0.2) is 23.5 Å². The van der Waals surface area contributed by atoms with Crippen LogP contribution in [0.4, 0.5) is 10.5 Å². The summed E-state index contributed by atoms with van der Waals surface area (Å²) >= 11 is 12.0. The van der Waals surface area contributed by atoms with Crippen molar-refractivity contribution in [1.82, 2.24) is 4.98 Å². The molecule has 2 N–H and O–H groups in total. The molecule has 1 amide bonds. The summed E-state index contributed by atoms with van der Waals surface area (Å²) in [5.74, 6) is -0.304. The van der Waals surface area contributed by atoms with Gasteiger partial charge in [0, 0.05) is 26.5 Å². The first-order valence-electron chi connectivity index (χ1n) is 7.55. The second-order valence-corrected chi connectivity index (χ2v) is 6.12. The lowest BCUT2D eigenvalue weighted by atomic mass is 10.1. The number of carbonyl (C=O) groups excluding carboxylic acids is 2. The Hall–Kier alpha value is -2.50. The minimum Gasteiger partial charge on any atom is -0.450 e. The quantitative estimate of drug-likeness (QED) is 0.608. The number of H-pyrrole nitrogens is 1. The van der Waals surface area contributed by atoms with Gasteiger partial charge in [0.1, 0.15) is 5.69 Å². The molecule has 0 aliphatic carbocycles. The molecule has 1 heterocycles. The van der Waals surface area contributed by atoms with Gasteiger partial charge in [0.15, 0.2) is 0 Å². The van der Waals surface area contributed by atoms with E-state index < -0.39 is 6.09 Å². The zero-order chi connectivity index (χ0) is 18.0. The molecule has 0 fully saturated rings. The predicted molar refractivity (Wildman–Crippen MR) is 98.8 cm³/mol. The molecule has 0 spiro atoms. The van der Waals surface area contributed by atoms with Crippen LogP contribution >= 0.6 is 23.2 Å². The second-order valence-electron chi connectivity index (χ2n) is 5.25. The molecule has 2 aromatic carbocycles. The Morgan fingerprint density at radius 2 is 1.88 bits per heavy atom. The maximum atomic E-state index is 12.9. The lowest BCUT2D eigenvalue weighted by molar-refractivity contribution is 0.103. The molecule has 0 aliphatic rings. The van der Waals surface area contributed by atoms with Gasteiger partial charge in [-0.2, -0.15) is 0 Å². The number of carbonyl (C=O) groups is 2. The highest BCUT2D eigenvalue weighted by molar-refractivity contribution is 6.32. The molecule has 0 bridgehead atoms. The van der Waals surface area contributed by atoms with Crippen LogP contribution in [-0.2, 0) is 4.74 Å². The van der Waals surface area contributed by atoms with Crippen molar-refractivity contribution < 1.29 is 14.3 Å². The van der Waals surface area contributed by atoms with Crippen LogP contribution in [0.15, 0.2) is 42.5 Å². The zero-order valence-corrected chi connectivity index (χ0v) is 14.7. The Bertz CT molecular complexity index is 966. The maximum absolute atomic E-state index is 12.9. The first-order chi connectivity index (χ1) is 12.0. The van der Waals surface area contributed by atoms with Crippen molar-refractivity contribution >= 4 is 51.7 Å². The summed E-state index contributed by atoms with van der Waals surface area (Å²) in [5, 5.41) is 4.25. The number of halogens is 2. The average molecular weight is 377 g/mol. The van der Waals surface area contributed by atoms with Gasteiger partial charge in [0.2, 0.25) is 5.78 Å². The van der Waals surface area contributed by atoms with Gasteiger partial charge in [-0.25, -0.2) is 4.79 Å². The Balaban J connectivity index is 2.12. The van der Waals surface area contributed by atoms with Crippen LogP contribution in [0.2, 0.25) is 10.0 Å². The monoisotopic (exact) mass is 376 g/mol. The smallest absolute Gasteiger partial charge is 0.411 e. The van der Waals surface area contributed by atoms with Crippen LogP contribution in [0, 0.1) is 0 Å². The third-order valence-corrected chi connectivity index (χ3v) is 4.05. The number of anilines is 1. The predicted octanol–water partition coefficient (Wildman–Crippen LogP) is 5.27. The fourth-order valence-electron chi connectivity index (χ4n) is 2.51. The van der Waals surface area contributed by atoms with Crippen molar-refractivity contribution in [1.29, 1.82) is 0 Å². The highest BCUT2D eigenvalue weighted by Crippen LogP contribution is 2.31. The number of amides is 1. The van der Waals surface area contributed by atoms with Crippen molar-refractivity contribution in [2.24, 2.45) is 0 Å². The number of benzene rings is 2. The fourth-order valence-corrected chi connectivity index (χ4v) is 2.88. The van der Waals surface area contributed by atoms with Gasteiger partial charge < -0.3 is 9.72 Å². The van der Waals surface area contributed by atoms with Crippen molar-refractivity contribution in [3.63, 3.8) is 0 Å². The molecule has 5 nitrogen and oxygen atoms in total. The van der Waals surface area contributed by atoms with E-state index in [0.717, 1.165) is 0 Å². The molecule has 0 radical (unpaired) electrons. The minimum atomic E-state index is -0.640. The number of ketones is 1. The fraction of sp³-hybridized carbons (Fsp3) is 0.111. The lowest BCUT2D eigenvalue weighted by Gasteiger charge is -2.07. The Labute approximate surface area is 153 Å². The molecule has 3 rings (SSSR count). The van der Waals surface area contributed by atoms with Crippen molar-refractivity contribution in [2.75, 3.05) is 11.9 Å². The van der Waals surface area contributed by atoms with Gasteiger partial charge >= 0.3 is 6.09 Å². The molecule has 0 aliphatic heterocycles. The number of hydrogen-bond donors (Lipinski definition) is 2. The van der Waals surface area contributed by atoms with Crippen molar-refractivity contribution in [2.45, 2.75) is 6.92 Å². The van der Waals surface area contributed by atoms with Gasteiger partial charge in [-0.3, -0.25) is 10.1 Å². The van der Waals surface area contributed by atoms with Gasteiger partial charge in [0.05, 0.1) is 12.3 Å². The van der Waals surface area contributed by atoms with E-state index >= 15 is 0 Å². The molecule has 1 aromatic heterocycles. The number of aromatic amines is 1. The number of aromatic nitrogens is 1. The van der Waals surface area contributed by atoms with Crippen molar-refractivity contribution in [3.05, 3.63) is 63.8 Å². The zero-order valence-electron chi connectivity index (χ0n) is 13.2. The van der Waals surface area contributed by atoms with Crippen LogP contribution in [0.3, 0.4) is 0 Å². The van der Waals surface area contributed by atoms with E-state index in [2.05, 4.69) is 10.3 Å². The average Bonchev–Trinajstić information content (AvgIpc) is 2.92. The third kappa shape index (κ3) is 3.62. The van der Waals surface area contributed by atoms with E-state index in [0.29, 0.717) is 32.2 Å². The van der Waals surface area contributed by atoms with E-state index in [1.807, 2.05) is 0 Å². The first-order valence-corrected chi connectivity index (χ1v) is 8.30. The maximum Gasteiger partial charge on any atom is 0.411 e. The van der Waals surface area contributed by atoms with E-state index in [4.69, 9.17) is 27.9 Å². The molecule has 7 heteroatoms. The molecule has 0 unspecified atom stereocenters. The third-order valence-electron chi connectivity index (χ3n) is 3.58. The molecular weight excluding hydrogens is 363 g/mol. The number of ether oxygens (including phenoxy) is 1.